The Morgan fingerprint density at radius 1 is 1.42 bits per heavy atom. The molecule has 0 unspecified atom stereocenters. The van der Waals surface area contributed by atoms with Crippen molar-refractivity contribution in [2.45, 2.75) is 6.42 Å². The monoisotopic (exact) mass is 266 g/mol. The topological polar surface area (TPSA) is 67.4 Å². The molecule has 0 atom stereocenters. The second kappa shape index (κ2) is 7.86. The molecule has 19 heavy (non-hydrogen) atoms. The van der Waals surface area contributed by atoms with Gasteiger partial charge in [0, 0.05) is 12.7 Å². The van der Waals surface area contributed by atoms with Crippen LogP contribution in [-0.4, -0.2) is 25.7 Å². The fraction of sp³-hybridized carbons (Fsp3) is 0.231. The van der Waals surface area contributed by atoms with Crippen molar-refractivity contribution in [2.75, 3.05) is 13.7 Å². The molecule has 1 aromatic rings. The number of urea groups is 1. The zero-order chi connectivity index (χ0) is 14.1. The Labute approximate surface area is 110 Å². The van der Waals surface area contributed by atoms with Crippen LogP contribution in [0.25, 0.3) is 6.08 Å². The lowest BCUT2D eigenvalue weighted by molar-refractivity contribution is -0.140. The predicted octanol–water partition coefficient (Wildman–Crippen LogP) is 1.66. The summed E-state index contributed by atoms with van der Waals surface area (Å²) in [4.78, 5) is 22.1. The summed E-state index contributed by atoms with van der Waals surface area (Å²) in [5.41, 5.74) is 0.634. The van der Waals surface area contributed by atoms with Crippen LogP contribution in [-0.2, 0) is 9.53 Å². The van der Waals surface area contributed by atoms with Crippen LogP contribution in [0.2, 0.25) is 0 Å². The van der Waals surface area contributed by atoms with Crippen molar-refractivity contribution in [1.82, 2.24) is 10.6 Å². The molecule has 0 aromatic heterocycles. The van der Waals surface area contributed by atoms with Gasteiger partial charge in [0.1, 0.15) is 5.82 Å². The number of hydrogen-bond donors (Lipinski definition) is 2. The van der Waals surface area contributed by atoms with Gasteiger partial charge in [-0.3, -0.25) is 4.79 Å². The highest BCUT2D eigenvalue weighted by Gasteiger charge is 2.01. The molecule has 1 rings (SSSR count). The van der Waals surface area contributed by atoms with Crippen LogP contribution < -0.4 is 10.6 Å². The minimum absolute atomic E-state index is 0.109. The van der Waals surface area contributed by atoms with Crippen LogP contribution in [0.5, 0.6) is 0 Å². The number of carbonyl (C=O) groups excluding carboxylic acids is 2. The van der Waals surface area contributed by atoms with Crippen LogP contribution in [0.4, 0.5) is 9.18 Å². The van der Waals surface area contributed by atoms with Gasteiger partial charge in [-0.1, -0.05) is 12.1 Å². The second-order valence-electron chi connectivity index (χ2n) is 3.61. The van der Waals surface area contributed by atoms with Gasteiger partial charge in [-0.05, 0) is 23.8 Å². The van der Waals surface area contributed by atoms with Crippen molar-refractivity contribution >= 4 is 18.1 Å². The Balaban J connectivity index is 2.28. The van der Waals surface area contributed by atoms with Crippen molar-refractivity contribution in [2.24, 2.45) is 0 Å². The van der Waals surface area contributed by atoms with E-state index in [-0.39, 0.29) is 18.8 Å². The molecule has 2 N–H and O–H groups in total. The van der Waals surface area contributed by atoms with Gasteiger partial charge in [-0.2, -0.15) is 0 Å². The normalized spacial score (nSPS) is 10.2. The fourth-order valence-electron chi connectivity index (χ4n) is 1.26. The molecule has 0 bridgehead atoms. The Morgan fingerprint density at radius 2 is 2.21 bits per heavy atom. The molecule has 0 spiro atoms. The maximum absolute atomic E-state index is 12.9. The van der Waals surface area contributed by atoms with Gasteiger partial charge in [-0.25, -0.2) is 9.18 Å². The number of rotatable bonds is 5. The molecular formula is C13H15FN2O3. The maximum Gasteiger partial charge on any atom is 0.318 e. The summed E-state index contributed by atoms with van der Waals surface area (Å²) in [5.74, 6) is -0.736. The summed E-state index contributed by atoms with van der Waals surface area (Å²) in [6.07, 6.45) is 3.06. The van der Waals surface area contributed by atoms with Gasteiger partial charge in [0.05, 0.1) is 13.5 Å². The molecule has 0 radical (unpaired) electrons. The number of methoxy groups -OCH3 is 1. The summed E-state index contributed by atoms with van der Waals surface area (Å²) in [6.45, 7) is 0.187. The van der Waals surface area contributed by atoms with Crippen LogP contribution in [0.1, 0.15) is 12.0 Å². The largest absolute Gasteiger partial charge is 0.469 e. The van der Waals surface area contributed by atoms with Crippen LogP contribution in [0.3, 0.4) is 0 Å². The first-order chi connectivity index (χ1) is 9.11. The Kier molecular flexibility index (Phi) is 6.08. The third kappa shape index (κ3) is 6.21. The van der Waals surface area contributed by atoms with E-state index >= 15 is 0 Å². The Morgan fingerprint density at radius 3 is 2.89 bits per heavy atom. The van der Waals surface area contributed by atoms with E-state index in [0.717, 1.165) is 0 Å². The van der Waals surface area contributed by atoms with E-state index in [0.29, 0.717) is 5.56 Å². The van der Waals surface area contributed by atoms with Crippen LogP contribution >= 0.6 is 0 Å². The first kappa shape index (κ1) is 14.7. The molecule has 1 aromatic carbocycles. The highest BCUT2D eigenvalue weighted by atomic mass is 19.1. The third-order valence-electron chi connectivity index (χ3n) is 2.18. The van der Waals surface area contributed by atoms with Gasteiger partial charge in [-0.15, -0.1) is 0 Å². The van der Waals surface area contributed by atoms with E-state index in [1.807, 2.05) is 0 Å². The zero-order valence-electron chi connectivity index (χ0n) is 10.5. The average Bonchev–Trinajstić information content (AvgIpc) is 2.38. The third-order valence-corrected chi connectivity index (χ3v) is 2.18. The smallest absolute Gasteiger partial charge is 0.318 e. The molecule has 0 aliphatic carbocycles. The predicted molar refractivity (Wildman–Crippen MR) is 68.6 cm³/mol. The van der Waals surface area contributed by atoms with Gasteiger partial charge < -0.3 is 15.4 Å². The highest BCUT2D eigenvalue weighted by molar-refractivity contribution is 5.77. The first-order valence-electron chi connectivity index (χ1n) is 5.65. The number of benzene rings is 1. The number of nitrogens with one attached hydrogen (secondary N) is 2. The molecule has 2 amide bonds. The lowest BCUT2D eigenvalue weighted by Gasteiger charge is -2.03. The first-order valence-corrected chi connectivity index (χ1v) is 5.65. The molecule has 102 valence electrons. The van der Waals surface area contributed by atoms with Gasteiger partial charge >= 0.3 is 12.0 Å². The molecule has 6 heteroatoms. The number of carbonyl (C=O) groups is 2. The van der Waals surface area contributed by atoms with Crippen molar-refractivity contribution < 1.29 is 18.7 Å². The van der Waals surface area contributed by atoms with E-state index in [1.54, 1.807) is 18.2 Å². The minimum Gasteiger partial charge on any atom is -0.469 e. The highest BCUT2D eigenvalue weighted by Crippen LogP contribution is 2.04. The summed E-state index contributed by atoms with van der Waals surface area (Å²) in [5, 5.41) is 4.91. The van der Waals surface area contributed by atoms with Gasteiger partial charge in [0.2, 0.25) is 0 Å². The molecular weight excluding hydrogens is 251 g/mol. The number of hydrogen-bond acceptors (Lipinski definition) is 3. The zero-order valence-corrected chi connectivity index (χ0v) is 10.5. The summed E-state index contributed by atoms with van der Waals surface area (Å²) in [6, 6.07) is 5.51. The lowest BCUT2D eigenvalue weighted by Crippen LogP contribution is -2.33. The van der Waals surface area contributed by atoms with Gasteiger partial charge in [0.25, 0.3) is 0 Å². The minimum atomic E-state index is -0.448. The van der Waals surface area contributed by atoms with Crippen molar-refractivity contribution in [3.8, 4) is 0 Å². The van der Waals surface area contributed by atoms with E-state index in [4.69, 9.17) is 0 Å². The van der Waals surface area contributed by atoms with E-state index in [9.17, 15) is 14.0 Å². The van der Waals surface area contributed by atoms with Crippen molar-refractivity contribution in [3.05, 3.63) is 41.8 Å². The summed E-state index contributed by atoms with van der Waals surface area (Å²) >= 11 is 0. The molecule has 0 saturated carbocycles. The number of amides is 2. The number of esters is 1. The average molecular weight is 266 g/mol. The number of ether oxygens (including phenoxy) is 1. The van der Waals surface area contributed by atoms with Gasteiger partial charge in [0.15, 0.2) is 0 Å². The molecule has 0 saturated heterocycles. The second-order valence-corrected chi connectivity index (χ2v) is 3.61. The molecule has 0 aliphatic heterocycles. The molecule has 0 fully saturated rings. The molecule has 5 nitrogen and oxygen atoms in total. The fourth-order valence-corrected chi connectivity index (χ4v) is 1.26. The van der Waals surface area contributed by atoms with Crippen molar-refractivity contribution in [1.29, 1.82) is 0 Å². The Hall–Kier alpha value is -2.37. The SMILES string of the molecule is COC(=O)CCNC(=O)N/C=C/c1cccc(F)c1. The molecule has 0 heterocycles. The van der Waals surface area contributed by atoms with Crippen molar-refractivity contribution in [3.63, 3.8) is 0 Å². The van der Waals surface area contributed by atoms with E-state index in [1.165, 1.54) is 25.4 Å². The quantitative estimate of drug-likeness (QED) is 0.796. The number of halogens is 1. The van der Waals surface area contributed by atoms with Crippen LogP contribution in [0, 0.1) is 5.82 Å². The Bertz CT molecular complexity index is 475. The van der Waals surface area contributed by atoms with Crippen LogP contribution in [0.15, 0.2) is 30.5 Å². The van der Waals surface area contributed by atoms with E-state index < -0.39 is 12.0 Å². The summed E-state index contributed by atoms with van der Waals surface area (Å²) in [7, 11) is 1.28. The molecule has 0 aliphatic rings. The van der Waals surface area contributed by atoms with E-state index in [2.05, 4.69) is 15.4 Å². The standard InChI is InChI=1S/C13H15FN2O3/c1-19-12(17)6-8-16-13(18)15-7-5-10-3-2-4-11(14)9-10/h2-5,7,9H,6,8H2,1H3,(H2,15,16,18)/b7-5+. The maximum atomic E-state index is 12.9. The lowest BCUT2D eigenvalue weighted by atomic mass is 10.2. The summed E-state index contributed by atoms with van der Waals surface area (Å²) < 4.78 is 17.3.